The van der Waals surface area contributed by atoms with Crippen LogP contribution < -0.4 is 5.73 Å². The molecule has 0 amide bonds. The van der Waals surface area contributed by atoms with Gasteiger partial charge < -0.3 is 5.73 Å². The highest BCUT2D eigenvalue weighted by Crippen LogP contribution is 2.04. The highest BCUT2D eigenvalue weighted by Gasteiger charge is 2.00. The molecular weight excluding hydrogens is 140 g/mol. The van der Waals surface area contributed by atoms with E-state index in [4.69, 9.17) is 5.73 Å². The summed E-state index contributed by atoms with van der Waals surface area (Å²) in [6.07, 6.45) is 5.32. The summed E-state index contributed by atoms with van der Waals surface area (Å²) in [6.45, 7) is 0.487. The summed E-state index contributed by atoms with van der Waals surface area (Å²) in [7, 11) is 0. The van der Waals surface area contributed by atoms with Crippen LogP contribution in [0.1, 0.15) is 5.56 Å². The number of aromatic nitrogens is 3. The van der Waals surface area contributed by atoms with Crippen LogP contribution in [-0.4, -0.2) is 14.6 Å². The van der Waals surface area contributed by atoms with Crippen molar-refractivity contribution in [2.75, 3.05) is 0 Å². The van der Waals surface area contributed by atoms with Crippen LogP contribution in [0, 0.1) is 0 Å². The first-order chi connectivity index (χ1) is 5.42. The standard InChI is InChI=1S/C7H8N4/c8-4-6-5-10-11-3-1-2-9-7(6)11/h1-3,5H,4,8H2. The maximum atomic E-state index is 5.47. The number of nitrogens with zero attached hydrogens (tertiary/aromatic N) is 3. The van der Waals surface area contributed by atoms with Gasteiger partial charge in [-0.1, -0.05) is 0 Å². The smallest absolute Gasteiger partial charge is 0.159 e. The van der Waals surface area contributed by atoms with E-state index >= 15 is 0 Å². The Balaban J connectivity index is 2.76. The van der Waals surface area contributed by atoms with Crippen LogP contribution >= 0.6 is 0 Å². The van der Waals surface area contributed by atoms with Crippen molar-refractivity contribution in [2.24, 2.45) is 5.73 Å². The molecule has 0 aliphatic carbocycles. The summed E-state index contributed by atoms with van der Waals surface area (Å²) >= 11 is 0. The summed E-state index contributed by atoms with van der Waals surface area (Å²) in [5, 5.41) is 4.06. The quantitative estimate of drug-likeness (QED) is 0.628. The third-order valence-corrected chi connectivity index (χ3v) is 1.57. The zero-order valence-corrected chi connectivity index (χ0v) is 5.94. The molecule has 11 heavy (non-hydrogen) atoms. The Morgan fingerprint density at radius 3 is 3.27 bits per heavy atom. The van der Waals surface area contributed by atoms with Crippen LogP contribution in [0.3, 0.4) is 0 Å². The van der Waals surface area contributed by atoms with Crippen molar-refractivity contribution in [3.05, 3.63) is 30.2 Å². The maximum Gasteiger partial charge on any atom is 0.159 e. The van der Waals surface area contributed by atoms with E-state index in [0.717, 1.165) is 11.2 Å². The fourth-order valence-electron chi connectivity index (χ4n) is 1.02. The van der Waals surface area contributed by atoms with Crippen LogP contribution in [0.4, 0.5) is 0 Å². The average molecular weight is 148 g/mol. The van der Waals surface area contributed by atoms with Gasteiger partial charge in [-0.25, -0.2) is 9.50 Å². The van der Waals surface area contributed by atoms with Crippen molar-refractivity contribution in [1.29, 1.82) is 0 Å². The number of rotatable bonds is 1. The highest BCUT2D eigenvalue weighted by atomic mass is 15.2. The van der Waals surface area contributed by atoms with E-state index in [1.54, 1.807) is 16.9 Å². The second kappa shape index (κ2) is 2.32. The van der Waals surface area contributed by atoms with Crippen molar-refractivity contribution < 1.29 is 0 Å². The SMILES string of the molecule is NCc1cnn2cccnc12. The Bertz CT molecular complexity index is 365. The molecule has 0 bridgehead atoms. The first-order valence-corrected chi connectivity index (χ1v) is 3.39. The fourth-order valence-corrected chi connectivity index (χ4v) is 1.02. The first kappa shape index (κ1) is 6.30. The van der Waals surface area contributed by atoms with Gasteiger partial charge in [0.15, 0.2) is 5.65 Å². The molecule has 2 aromatic heterocycles. The predicted octanol–water partition coefficient (Wildman–Crippen LogP) is 0.188. The molecule has 2 heterocycles. The van der Waals surface area contributed by atoms with Crippen molar-refractivity contribution in [1.82, 2.24) is 14.6 Å². The summed E-state index contributed by atoms with van der Waals surface area (Å²) < 4.78 is 1.71. The lowest BCUT2D eigenvalue weighted by Crippen LogP contribution is -1.96. The minimum absolute atomic E-state index is 0.487. The zero-order valence-electron chi connectivity index (χ0n) is 5.94. The topological polar surface area (TPSA) is 56.2 Å². The van der Waals surface area contributed by atoms with Crippen LogP contribution in [0.5, 0.6) is 0 Å². The Morgan fingerprint density at radius 1 is 1.55 bits per heavy atom. The van der Waals surface area contributed by atoms with E-state index < -0.39 is 0 Å². The predicted molar refractivity (Wildman–Crippen MR) is 40.9 cm³/mol. The van der Waals surface area contributed by atoms with E-state index in [1.807, 2.05) is 12.3 Å². The van der Waals surface area contributed by atoms with Gasteiger partial charge in [0.05, 0.1) is 6.20 Å². The normalized spacial score (nSPS) is 10.6. The van der Waals surface area contributed by atoms with E-state index in [9.17, 15) is 0 Å². The molecule has 0 fully saturated rings. The van der Waals surface area contributed by atoms with Crippen molar-refractivity contribution in [3.8, 4) is 0 Å². The minimum Gasteiger partial charge on any atom is -0.326 e. The van der Waals surface area contributed by atoms with Gasteiger partial charge in [0.25, 0.3) is 0 Å². The third kappa shape index (κ3) is 0.877. The highest BCUT2D eigenvalue weighted by molar-refractivity contribution is 5.45. The molecule has 4 heteroatoms. The van der Waals surface area contributed by atoms with Gasteiger partial charge in [-0.2, -0.15) is 5.10 Å². The van der Waals surface area contributed by atoms with Gasteiger partial charge in [-0.3, -0.25) is 0 Å². The van der Waals surface area contributed by atoms with E-state index in [-0.39, 0.29) is 0 Å². The Kier molecular flexibility index (Phi) is 1.33. The fraction of sp³-hybridized carbons (Fsp3) is 0.143. The molecule has 0 saturated carbocycles. The Labute approximate surface area is 63.7 Å². The van der Waals surface area contributed by atoms with Gasteiger partial charge in [-0.05, 0) is 6.07 Å². The molecule has 0 radical (unpaired) electrons. The zero-order chi connectivity index (χ0) is 7.68. The number of hydrogen-bond donors (Lipinski definition) is 1. The van der Waals surface area contributed by atoms with E-state index in [0.29, 0.717) is 6.54 Å². The van der Waals surface area contributed by atoms with Crippen molar-refractivity contribution >= 4 is 5.65 Å². The number of hydrogen-bond acceptors (Lipinski definition) is 3. The number of fused-ring (bicyclic) bond motifs is 1. The van der Waals surface area contributed by atoms with Gasteiger partial charge in [0, 0.05) is 24.5 Å². The van der Waals surface area contributed by atoms with E-state index in [1.165, 1.54) is 0 Å². The van der Waals surface area contributed by atoms with Crippen LogP contribution in [0.25, 0.3) is 5.65 Å². The van der Waals surface area contributed by atoms with Gasteiger partial charge in [0.2, 0.25) is 0 Å². The second-order valence-corrected chi connectivity index (χ2v) is 2.26. The molecule has 0 atom stereocenters. The van der Waals surface area contributed by atoms with Crippen LogP contribution in [-0.2, 0) is 6.54 Å². The molecule has 2 N–H and O–H groups in total. The molecular formula is C7H8N4. The molecule has 0 spiro atoms. The molecule has 2 rings (SSSR count). The van der Waals surface area contributed by atoms with Crippen LogP contribution in [0.2, 0.25) is 0 Å². The van der Waals surface area contributed by atoms with Crippen LogP contribution in [0.15, 0.2) is 24.7 Å². The summed E-state index contributed by atoms with van der Waals surface area (Å²) in [4.78, 5) is 4.13. The molecule has 0 saturated heterocycles. The second-order valence-electron chi connectivity index (χ2n) is 2.26. The lowest BCUT2D eigenvalue weighted by atomic mass is 10.3. The van der Waals surface area contributed by atoms with Gasteiger partial charge in [0.1, 0.15) is 0 Å². The van der Waals surface area contributed by atoms with Gasteiger partial charge >= 0.3 is 0 Å². The maximum absolute atomic E-state index is 5.47. The number of nitrogens with two attached hydrogens (primary N) is 1. The third-order valence-electron chi connectivity index (χ3n) is 1.57. The van der Waals surface area contributed by atoms with E-state index in [2.05, 4.69) is 10.1 Å². The molecule has 56 valence electrons. The largest absolute Gasteiger partial charge is 0.326 e. The molecule has 0 aliphatic rings. The summed E-state index contributed by atoms with van der Waals surface area (Å²) in [5.74, 6) is 0. The minimum atomic E-state index is 0.487. The monoisotopic (exact) mass is 148 g/mol. The molecule has 0 aliphatic heterocycles. The Morgan fingerprint density at radius 2 is 2.45 bits per heavy atom. The summed E-state index contributed by atoms with van der Waals surface area (Å²) in [5.41, 5.74) is 7.29. The lowest BCUT2D eigenvalue weighted by Gasteiger charge is -1.91. The molecule has 2 aromatic rings. The Hall–Kier alpha value is -1.42. The average Bonchev–Trinajstić information content (AvgIpc) is 2.47. The summed E-state index contributed by atoms with van der Waals surface area (Å²) in [6, 6.07) is 1.83. The lowest BCUT2D eigenvalue weighted by molar-refractivity contribution is 0.939. The van der Waals surface area contributed by atoms with Crippen molar-refractivity contribution in [2.45, 2.75) is 6.54 Å². The molecule has 4 nitrogen and oxygen atoms in total. The molecule has 0 aromatic carbocycles. The van der Waals surface area contributed by atoms with Crippen molar-refractivity contribution in [3.63, 3.8) is 0 Å². The van der Waals surface area contributed by atoms with Gasteiger partial charge in [-0.15, -0.1) is 0 Å². The molecule has 0 unspecified atom stereocenters. The first-order valence-electron chi connectivity index (χ1n) is 3.39.